The molecule has 2 aromatic heterocycles. The summed E-state index contributed by atoms with van der Waals surface area (Å²) in [5, 5.41) is 10.2. The van der Waals surface area contributed by atoms with E-state index in [9.17, 15) is 4.79 Å². The number of benzene rings is 3. The molecule has 1 fully saturated rings. The van der Waals surface area contributed by atoms with Crippen molar-refractivity contribution in [3.05, 3.63) is 93.1 Å². The first-order valence-electron chi connectivity index (χ1n) is 17.5. The normalized spacial score (nSPS) is 18.4. The Morgan fingerprint density at radius 1 is 0.925 bits per heavy atom. The van der Waals surface area contributed by atoms with Crippen molar-refractivity contribution in [2.45, 2.75) is 57.5 Å². The summed E-state index contributed by atoms with van der Waals surface area (Å²) < 4.78 is 30.5. The summed E-state index contributed by atoms with van der Waals surface area (Å²) in [4.78, 5) is 22.9. The fourth-order valence-electron chi connectivity index (χ4n) is 7.43. The fraction of sp³-hybridized carbons (Fsp3) is 0.385. The summed E-state index contributed by atoms with van der Waals surface area (Å²) in [6.07, 6.45) is 2.91. The van der Waals surface area contributed by atoms with Crippen LogP contribution in [0.5, 0.6) is 23.0 Å². The number of rotatable bonds is 11. The average molecular weight is 762 g/mol. The first-order valence-corrected chi connectivity index (χ1v) is 18.2. The third kappa shape index (κ3) is 7.40. The Morgan fingerprint density at radius 2 is 1.60 bits per heavy atom. The van der Waals surface area contributed by atoms with Gasteiger partial charge in [-0.25, -0.2) is 9.67 Å². The van der Waals surface area contributed by atoms with Crippen molar-refractivity contribution in [3.63, 3.8) is 0 Å². The smallest absolute Gasteiger partial charge is 0.252 e. The zero-order chi connectivity index (χ0) is 37.2. The van der Waals surface area contributed by atoms with Crippen molar-refractivity contribution in [3.8, 4) is 23.0 Å². The molecule has 53 heavy (non-hydrogen) atoms. The summed E-state index contributed by atoms with van der Waals surface area (Å²) in [7, 11) is 6.55. The predicted molar refractivity (Wildman–Crippen MR) is 203 cm³/mol. The first-order chi connectivity index (χ1) is 25.7. The molecule has 12 nitrogen and oxygen atoms in total. The molecule has 0 N–H and O–H groups in total. The fourth-order valence-corrected chi connectivity index (χ4v) is 8.12. The molecular formula is C39H42Cl2N6O6. The Hall–Kier alpha value is -4.78. The Morgan fingerprint density at radius 3 is 2.25 bits per heavy atom. The van der Waals surface area contributed by atoms with E-state index in [1.807, 2.05) is 65.0 Å². The van der Waals surface area contributed by atoms with Crippen molar-refractivity contribution in [1.82, 2.24) is 24.9 Å². The Bertz CT molecular complexity index is 2070. The first kappa shape index (κ1) is 36.6. The van der Waals surface area contributed by atoms with Crippen molar-refractivity contribution in [2.24, 2.45) is 0 Å². The molecule has 2 aliphatic heterocycles. The van der Waals surface area contributed by atoms with E-state index in [-0.39, 0.29) is 18.0 Å². The van der Waals surface area contributed by atoms with Gasteiger partial charge in [-0.05, 0) is 67.3 Å². The molecule has 0 radical (unpaired) electrons. The number of anilines is 1. The summed E-state index contributed by atoms with van der Waals surface area (Å²) >= 11 is 12.9. The highest BCUT2D eigenvalue weighted by molar-refractivity contribution is 6.35. The van der Waals surface area contributed by atoms with Gasteiger partial charge in [-0.1, -0.05) is 28.4 Å². The molecule has 3 aromatic carbocycles. The van der Waals surface area contributed by atoms with Crippen molar-refractivity contribution in [2.75, 3.05) is 46.5 Å². The Labute approximate surface area is 318 Å². The Kier molecular flexibility index (Phi) is 10.8. The molecule has 4 heterocycles. The van der Waals surface area contributed by atoms with E-state index in [1.54, 1.807) is 40.7 Å². The van der Waals surface area contributed by atoms with Crippen molar-refractivity contribution < 1.29 is 28.5 Å². The molecule has 0 unspecified atom stereocenters. The van der Waals surface area contributed by atoms with E-state index in [2.05, 4.69) is 15.2 Å². The number of halogens is 2. The topological polar surface area (TPSA) is 113 Å². The van der Waals surface area contributed by atoms with Crippen LogP contribution in [0.3, 0.4) is 0 Å². The summed E-state index contributed by atoms with van der Waals surface area (Å²) in [6, 6.07) is 16.9. The van der Waals surface area contributed by atoms with Crippen LogP contribution in [0, 0.1) is 0 Å². The van der Waals surface area contributed by atoms with E-state index < -0.39 is 6.10 Å². The summed E-state index contributed by atoms with van der Waals surface area (Å²) in [6.45, 7) is 3.90. The minimum absolute atomic E-state index is 0.0568. The second-order valence-electron chi connectivity index (χ2n) is 13.2. The molecule has 0 saturated carbocycles. The van der Waals surface area contributed by atoms with E-state index in [0.717, 1.165) is 27.8 Å². The van der Waals surface area contributed by atoms with Crippen LogP contribution in [0.25, 0.3) is 11.0 Å². The van der Waals surface area contributed by atoms with Crippen LogP contribution < -0.4 is 23.8 Å². The summed E-state index contributed by atoms with van der Waals surface area (Å²) in [5.41, 5.74) is 5.37. The van der Waals surface area contributed by atoms with Crippen molar-refractivity contribution >= 4 is 46.0 Å². The monoisotopic (exact) mass is 760 g/mol. The minimum Gasteiger partial charge on any atom is -0.497 e. The van der Waals surface area contributed by atoms with Gasteiger partial charge in [0, 0.05) is 72.0 Å². The number of fused-ring (bicyclic) bond motifs is 2. The van der Waals surface area contributed by atoms with Crippen LogP contribution in [-0.4, -0.2) is 78.5 Å². The number of aromatic nitrogens is 4. The zero-order valence-corrected chi connectivity index (χ0v) is 31.9. The molecular weight excluding hydrogens is 719 g/mol. The molecule has 1 saturated heterocycles. The van der Waals surface area contributed by atoms with Gasteiger partial charge in [0.15, 0.2) is 0 Å². The van der Waals surface area contributed by atoms with Crippen LogP contribution >= 0.6 is 23.2 Å². The second-order valence-corrected chi connectivity index (χ2v) is 14.1. The molecule has 278 valence electrons. The number of hydrogen-bond donors (Lipinski definition) is 0. The number of amides is 1. The van der Waals surface area contributed by atoms with E-state index in [0.29, 0.717) is 89.9 Å². The van der Waals surface area contributed by atoms with Crippen LogP contribution in [0.1, 0.15) is 54.1 Å². The quantitative estimate of drug-likeness (QED) is 0.137. The van der Waals surface area contributed by atoms with Crippen LogP contribution in [0.4, 0.5) is 5.82 Å². The predicted octanol–water partition coefficient (Wildman–Crippen LogP) is 7.24. The average Bonchev–Trinajstić information content (AvgIpc) is 3.61. The lowest BCUT2D eigenvalue weighted by atomic mass is 9.92. The van der Waals surface area contributed by atoms with Gasteiger partial charge in [-0.2, -0.15) is 0 Å². The highest BCUT2D eigenvalue weighted by Crippen LogP contribution is 2.39. The number of carbonyl (C=O) groups excluding carboxylic acids is 1. The molecule has 14 heteroatoms. The molecule has 0 spiro atoms. The van der Waals surface area contributed by atoms with E-state index in [4.69, 9.17) is 51.9 Å². The molecule has 2 aliphatic rings. The van der Waals surface area contributed by atoms with Gasteiger partial charge in [-0.3, -0.25) is 4.79 Å². The van der Waals surface area contributed by atoms with E-state index >= 15 is 0 Å². The zero-order valence-electron chi connectivity index (χ0n) is 30.3. The van der Waals surface area contributed by atoms with Crippen LogP contribution in [0.15, 0.2) is 60.8 Å². The van der Waals surface area contributed by atoms with Gasteiger partial charge in [0.05, 0.1) is 52.2 Å². The highest BCUT2D eigenvalue weighted by atomic mass is 35.5. The second kappa shape index (κ2) is 15.7. The van der Waals surface area contributed by atoms with E-state index in [1.165, 1.54) is 0 Å². The lowest BCUT2D eigenvalue weighted by Gasteiger charge is -2.39. The standard InChI is InChI=1S/C39H42Cl2N6O6/c1-23-38-24(14-27(40)15-31(38)41)10-12-46(23)39(48)36-16-28(11-13-53-36)47-33-19-37(42-20-32(33)43-44-47)45(21-25-6-8-29(49-2)17-34(25)51-4)22-26-7-9-30(50-3)18-35(26)52-5/h6-9,14-15,17-20,23,28,36H,10-13,16,21-22H2,1-5H3/t23-,28+,36+/m0/s1. The van der Waals surface area contributed by atoms with Gasteiger partial charge < -0.3 is 33.5 Å². The number of methoxy groups -OCH3 is 4. The maximum atomic E-state index is 14.0. The van der Waals surface area contributed by atoms with Crippen LogP contribution in [0.2, 0.25) is 10.0 Å². The third-order valence-electron chi connectivity index (χ3n) is 10.2. The number of pyridine rings is 1. The lowest BCUT2D eigenvalue weighted by molar-refractivity contribution is -0.150. The molecule has 1 amide bonds. The maximum absolute atomic E-state index is 14.0. The van der Waals surface area contributed by atoms with Crippen LogP contribution in [-0.2, 0) is 29.0 Å². The van der Waals surface area contributed by atoms with Gasteiger partial charge in [0.25, 0.3) is 5.91 Å². The SMILES string of the molecule is COc1ccc(CN(Cc2ccc(OC)cc2OC)c2cc3c(cn2)nnn3[C@@H]2CCO[C@@H](C(=O)N3CCc4cc(Cl)cc(Cl)c4[C@@H]3C)C2)c(OC)c1. The third-order valence-corrected chi connectivity index (χ3v) is 10.8. The largest absolute Gasteiger partial charge is 0.497 e. The number of ether oxygens (including phenoxy) is 5. The van der Waals surface area contributed by atoms with Gasteiger partial charge in [-0.15, -0.1) is 5.10 Å². The number of hydrogen-bond acceptors (Lipinski definition) is 10. The maximum Gasteiger partial charge on any atom is 0.252 e. The molecule has 0 aliphatic carbocycles. The van der Waals surface area contributed by atoms with Gasteiger partial charge in [0.2, 0.25) is 0 Å². The lowest BCUT2D eigenvalue weighted by Crippen LogP contribution is -2.47. The van der Waals surface area contributed by atoms with Crippen molar-refractivity contribution in [1.29, 1.82) is 0 Å². The minimum atomic E-state index is -0.633. The molecule has 5 aromatic rings. The molecule has 3 atom stereocenters. The highest BCUT2D eigenvalue weighted by Gasteiger charge is 2.37. The van der Waals surface area contributed by atoms with Gasteiger partial charge >= 0.3 is 0 Å². The number of carbonyl (C=O) groups is 1. The number of nitrogens with zero attached hydrogens (tertiary/aromatic N) is 6. The Balaban J connectivity index is 1.18. The summed E-state index contributed by atoms with van der Waals surface area (Å²) in [5.74, 6) is 3.43. The molecule has 0 bridgehead atoms. The van der Waals surface area contributed by atoms with Gasteiger partial charge in [0.1, 0.15) is 40.4 Å². The molecule has 7 rings (SSSR count).